The van der Waals surface area contributed by atoms with Crippen molar-refractivity contribution in [3.63, 3.8) is 0 Å². The molecule has 0 heterocycles. The van der Waals surface area contributed by atoms with Crippen LogP contribution < -0.4 is 0 Å². The van der Waals surface area contributed by atoms with Gasteiger partial charge in [-0.15, -0.1) is 0 Å². The van der Waals surface area contributed by atoms with E-state index in [9.17, 15) is 29.4 Å². The molecule has 0 saturated carbocycles. The number of carboxylic acids is 1. The molecule has 0 amide bonds. The Bertz CT molecular complexity index is 707. The maximum Gasteiger partial charge on any atom is 0.314 e. The van der Waals surface area contributed by atoms with Crippen LogP contribution in [-0.2, 0) is 30.3 Å². The third-order valence-electron chi connectivity index (χ3n) is 3.84. The Kier molecular flexibility index (Phi) is 8.01. The van der Waals surface area contributed by atoms with Crippen molar-refractivity contribution in [1.82, 2.24) is 0 Å². The van der Waals surface area contributed by atoms with Crippen molar-refractivity contribution in [2.75, 3.05) is 6.61 Å². The lowest BCUT2D eigenvalue weighted by molar-refractivity contribution is -0.148. The first-order valence-electron chi connectivity index (χ1n) is 7.80. The average molecular weight is 364 g/mol. The maximum absolute atomic E-state index is 12.0. The first-order chi connectivity index (χ1) is 12.3. The van der Waals surface area contributed by atoms with Gasteiger partial charge in [0.25, 0.3) is 0 Å². The first kappa shape index (κ1) is 20.9. The first-order valence-corrected chi connectivity index (χ1v) is 7.80. The summed E-state index contributed by atoms with van der Waals surface area (Å²) in [6.07, 6.45) is 1.77. The molecule has 3 N–H and O–H groups in total. The number of hydrogen-bond donors (Lipinski definition) is 3. The fourth-order valence-electron chi connectivity index (χ4n) is 2.39. The Hall–Kier alpha value is -3.16. The lowest BCUT2D eigenvalue weighted by Gasteiger charge is -2.19. The molecule has 0 aliphatic carbocycles. The molecule has 1 rings (SSSR count). The van der Waals surface area contributed by atoms with E-state index in [0.717, 1.165) is 0 Å². The van der Waals surface area contributed by atoms with Crippen LogP contribution in [0.1, 0.15) is 18.9 Å². The molecule has 0 fully saturated rings. The van der Waals surface area contributed by atoms with E-state index in [0.29, 0.717) is 11.8 Å². The van der Waals surface area contributed by atoms with Crippen LogP contribution in [0.2, 0.25) is 0 Å². The number of carboxylic acid groups (broad SMARTS) is 1. The minimum atomic E-state index is -1.53. The van der Waals surface area contributed by atoms with Crippen molar-refractivity contribution in [3.8, 4) is 11.5 Å². The van der Waals surface area contributed by atoms with E-state index >= 15 is 0 Å². The lowest BCUT2D eigenvalue weighted by atomic mass is 9.84. The standard InChI is InChI=1S/C18H20O8/c1-2-12(9-19)13(14(10-20)18(24)25)8-17(23)26-6-5-11-3-4-15(21)16(22)7-11/h2-4,7,9-10,13-14,21-22H,5-6,8H2,1H3,(H,24,25)/b12-2+. The van der Waals surface area contributed by atoms with Crippen LogP contribution in [0.5, 0.6) is 11.5 Å². The summed E-state index contributed by atoms with van der Waals surface area (Å²) in [5.41, 5.74) is 0.646. The number of aldehydes is 2. The SMILES string of the molecule is C/C=C(\C=O)C(CC(=O)OCCc1ccc(O)c(O)c1)C(C=O)C(=O)O. The highest BCUT2D eigenvalue weighted by Crippen LogP contribution is 2.25. The zero-order valence-corrected chi connectivity index (χ0v) is 14.1. The number of rotatable bonds is 10. The number of phenolic OH excluding ortho intramolecular Hbond substituents is 2. The third kappa shape index (κ3) is 5.73. The second-order valence-electron chi connectivity index (χ2n) is 5.51. The van der Waals surface area contributed by atoms with E-state index in [-0.39, 0.29) is 36.4 Å². The summed E-state index contributed by atoms with van der Waals surface area (Å²) in [4.78, 5) is 45.3. The van der Waals surface area contributed by atoms with Crippen molar-refractivity contribution >= 4 is 24.5 Å². The van der Waals surface area contributed by atoms with Crippen LogP contribution in [0.4, 0.5) is 0 Å². The largest absolute Gasteiger partial charge is 0.504 e. The Morgan fingerprint density at radius 3 is 2.38 bits per heavy atom. The summed E-state index contributed by atoms with van der Waals surface area (Å²) in [7, 11) is 0. The number of benzene rings is 1. The van der Waals surface area contributed by atoms with Crippen molar-refractivity contribution in [2.45, 2.75) is 19.8 Å². The molecule has 8 nitrogen and oxygen atoms in total. The summed E-state index contributed by atoms with van der Waals surface area (Å²) in [6, 6.07) is 4.17. The number of phenols is 2. The molecule has 0 aliphatic rings. The minimum absolute atomic E-state index is 0.0323. The molecule has 140 valence electrons. The summed E-state index contributed by atoms with van der Waals surface area (Å²) in [6.45, 7) is 1.45. The van der Waals surface area contributed by atoms with E-state index < -0.39 is 30.2 Å². The number of ether oxygens (including phenoxy) is 1. The Balaban J connectivity index is 2.71. The van der Waals surface area contributed by atoms with Gasteiger partial charge in [-0.3, -0.25) is 14.4 Å². The van der Waals surface area contributed by atoms with E-state index in [1.165, 1.54) is 25.1 Å². The summed E-state index contributed by atoms with van der Waals surface area (Å²) < 4.78 is 5.03. The molecule has 0 radical (unpaired) electrons. The van der Waals surface area contributed by atoms with Crippen molar-refractivity contribution in [3.05, 3.63) is 35.4 Å². The van der Waals surface area contributed by atoms with Gasteiger partial charge in [-0.25, -0.2) is 0 Å². The number of hydrogen-bond acceptors (Lipinski definition) is 7. The van der Waals surface area contributed by atoms with Gasteiger partial charge in [0.15, 0.2) is 11.5 Å². The molecule has 1 aromatic rings. The highest BCUT2D eigenvalue weighted by molar-refractivity contribution is 5.90. The molecule has 8 heteroatoms. The van der Waals surface area contributed by atoms with Crippen molar-refractivity contribution in [1.29, 1.82) is 0 Å². The zero-order chi connectivity index (χ0) is 19.7. The number of esters is 1. The number of carbonyl (C=O) groups excluding carboxylic acids is 3. The molecule has 0 bridgehead atoms. The van der Waals surface area contributed by atoms with Gasteiger partial charge in [0.1, 0.15) is 18.5 Å². The van der Waals surface area contributed by atoms with Crippen LogP contribution in [0.3, 0.4) is 0 Å². The van der Waals surface area contributed by atoms with E-state index in [2.05, 4.69) is 0 Å². The molecule has 1 aromatic carbocycles. The quantitative estimate of drug-likeness (QED) is 0.185. The maximum atomic E-state index is 12.0. The lowest BCUT2D eigenvalue weighted by Crippen LogP contribution is -2.29. The predicted molar refractivity (Wildman–Crippen MR) is 89.6 cm³/mol. The Morgan fingerprint density at radius 1 is 1.19 bits per heavy atom. The van der Waals surface area contributed by atoms with E-state index in [4.69, 9.17) is 9.84 Å². The second kappa shape index (κ2) is 9.97. The van der Waals surface area contributed by atoms with Crippen molar-refractivity contribution < 1.29 is 39.2 Å². The number of carbonyl (C=O) groups is 4. The third-order valence-corrected chi connectivity index (χ3v) is 3.84. The molecular weight excluding hydrogens is 344 g/mol. The number of allylic oxidation sites excluding steroid dienone is 2. The molecule has 2 unspecified atom stereocenters. The average Bonchev–Trinajstić information content (AvgIpc) is 2.59. The van der Waals surface area contributed by atoms with Crippen LogP contribution in [0.15, 0.2) is 29.8 Å². The smallest absolute Gasteiger partial charge is 0.314 e. The molecular formula is C18H20O8. The highest BCUT2D eigenvalue weighted by atomic mass is 16.5. The van der Waals surface area contributed by atoms with Crippen LogP contribution in [-0.4, -0.2) is 46.4 Å². The zero-order valence-electron chi connectivity index (χ0n) is 14.1. The molecule has 0 saturated heterocycles. The molecule has 26 heavy (non-hydrogen) atoms. The van der Waals surface area contributed by atoms with E-state index in [1.54, 1.807) is 6.07 Å². The minimum Gasteiger partial charge on any atom is -0.504 e. The molecule has 0 aromatic heterocycles. The van der Waals surface area contributed by atoms with Gasteiger partial charge in [-0.05, 0) is 30.2 Å². The molecule has 2 atom stereocenters. The van der Waals surface area contributed by atoms with Gasteiger partial charge < -0.3 is 24.9 Å². The Labute approximate surface area is 149 Å². The summed E-state index contributed by atoms with van der Waals surface area (Å²) in [5.74, 6) is -5.40. The molecule has 0 aliphatic heterocycles. The van der Waals surface area contributed by atoms with Crippen molar-refractivity contribution in [2.24, 2.45) is 11.8 Å². The van der Waals surface area contributed by atoms with Gasteiger partial charge in [0.2, 0.25) is 0 Å². The van der Waals surface area contributed by atoms with Gasteiger partial charge >= 0.3 is 11.9 Å². The fraction of sp³-hybridized carbons (Fsp3) is 0.333. The topological polar surface area (TPSA) is 138 Å². The van der Waals surface area contributed by atoms with Gasteiger partial charge in [-0.1, -0.05) is 12.1 Å². The van der Waals surface area contributed by atoms with Gasteiger partial charge in [-0.2, -0.15) is 0 Å². The summed E-state index contributed by atoms with van der Waals surface area (Å²) in [5, 5.41) is 27.7. The van der Waals surface area contributed by atoms with Crippen LogP contribution in [0.25, 0.3) is 0 Å². The Morgan fingerprint density at radius 2 is 1.88 bits per heavy atom. The second-order valence-corrected chi connectivity index (χ2v) is 5.51. The van der Waals surface area contributed by atoms with Crippen LogP contribution >= 0.6 is 0 Å². The van der Waals surface area contributed by atoms with Gasteiger partial charge in [0, 0.05) is 12.3 Å². The summed E-state index contributed by atoms with van der Waals surface area (Å²) >= 11 is 0. The monoisotopic (exact) mass is 364 g/mol. The molecule has 0 spiro atoms. The van der Waals surface area contributed by atoms with E-state index in [1.807, 2.05) is 0 Å². The predicted octanol–water partition coefficient (Wildman–Crippen LogP) is 1.23. The fourth-order valence-corrected chi connectivity index (χ4v) is 2.39. The van der Waals surface area contributed by atoms with Crippen LogP contribution in [0, 0.1) is 11.8 Å². The number of aliphatic carboxylic acids is 1. The number of aromatic hydroxyl groups is 2. The van der Waals surface area contributed by atoms with Gasteiger partial charge in [0.05, 0.1) is 13.0 Å². The highest BCUT2D eigenvalue weighted by Gasteiger charge is 2.32. The normalized spacial score (nSPS) is 13.5.